The molecule has 2 saturated heterocycles. The molecule has 3 fully saturated rings. The van der Waals surface area contributed by atoms with Crippen molar-refractivity contribution in [1.29, 1.82) is 0 Å². The third-order valence-electron chi connectivity index (χ3n) is 8.08. The smallest absolute Gasteiger partial charge is 0.156 e. The summed E-state index contributed by atoms with van der Waals surface area (Å²) in [6, 6.07) is -0.251. The number of hydrogen-bond donors (Lipinski definition) is 17. The van der Waals surface area contributed by atoms with Gasteiger partial charge in [0.05, 0.1) is 84.5 Å². The van der Waals surface area contributed by atoms with Gasteiger partial charge in [-0.25, -0.2) is 4.21 Å². The zero-order valence-electron chi connectivity index (χ0n) is 29.3. The highest BCUT2D eigenvalue weighted by Crippen LogP contribution is 2.23. The first-order valence-electron chi connectivity index (χ1n) is 17.8. The second kappa shape index (κ2) is 27.8. The molecule has 0 radical (unpaired) electrons. The second-order valence-corrected chi connectivity index (χ2v) is 13.3. The van der Waals surface area contributed by atoms with Gasteiger partial charge < -0.3 is 43.9 Å². The van der Waals surface area contributed by atoms with Crippen molar-refractivity contribution in [2.45, 2.75) is 74.3 Å². The summed E-state index contributed by atoms with van der Waals surface area (Å²) in [5.74, 6) is 0. The number of rotatable bonds is 29. The monoisotopic (exact) mass is 760 g/mol. The van der Waals surface area contributed by atoms with Gasteiger partial charge in [-0.2, -0.15) is 0 Å². The average Bonchev–Trinajstić information content (AvgIpc) is 3.11. The largest absolute Gasteiger partial charge is 0.394 e. The molecule has 23 heteroatoms. The van der Waals surface area contributed by atoms with Crippen LogP contribution < -0.4 is 63.8 Å². The lowest BCUT2D eigenvalue weighted by molar-refractivity contribution is 0.0685. The lowest BCUT2D eigenvalue weighted by Gasteiger charge is -2.44. The number of ether oxygens (including phenoxy) is 4. The quantitative estimate of drug-likeness (QED) is 0.0249. The second-order valence-electron chi connectivity index (χ2n) is 12.1. The summed E-state index contributed by atoms with van der Waals surface area (Å²) in [4.78, 5) is 0. The molecule has 7 unspecified atom stereocenters. The van der Waals surface area contributed by atoms with Crippen LogP contribution in [0, 0.1) is 0 Å². The lowest BCUT2D eigenvalue weighted by Crippen LogP contribution is -2.79. The fourth-order valence-corrected chi connectivity index (χ4v) is 6.69. The van der Waals surface area contributed by atoms with Crippen LogP contribution in [0.3, 0.4) is 0 Å². The fourth-order valence-electron chi connectivity index (χ4n) is 5.90. The summed E-state index contributed by atoms with van der Waals surface area (Å²) < 4.78 is 44.2. The van der Waals surface area contributed by atoms with Gasteiger partial charge in [-0.1, -0.05) is 0 Å². The molecule has 0 aromatic rings. The molecule has 2 aliphatic heterocycles. The van der Waals surface area contributed by atoms with Crippen LogP contribution in [0.15, 0.2) is 0 Å². The van der Waals surface area contributed by atoms with Crippen LogP contribution in [0.5, 0.6) is 0 Å². The lowest BCUT2D eigenvalue weighted by atomic mass is 9.90. The molecule has 3 rings (SSSR count). The van der Waals surface area contributed by atoms with Crippen molar-refractivity contribution in [3.05, 3.63) is 0 Å². The van der Waals surface area contributed by atoms with Crippen LogP contribution in [-0.2, 0) is 30.0 Å². The molecule has 0 amide bonds. The third kappa shape index (κ3) is 19.5. The Hall–Kier alpha value is -0.690. The van der Waals surface area contributed by atoms with Crippen LogP contribution in [0.1, 0.15) is 19.3 Å². The standard InChI is InChI=1S/C28H64N12O10S/c41-5-13-47-9-1-29-23-35-24(30-2-10-48-14-6-42)38-27(37-23)33-20-17-21(19-22(18-20)51(45)46)34-28-39-25(31-3-11-49-15-7-43)36-26(40-28)32-4-12-50-16-8-44/h20-44H,1-19H2,(H,45,46). The van der Waals surface area contributed by atoms with Gasteiger partial charge in [0, 0.05) is 38.3 Å². The molecular weight excluding hydrogens is 696 g/mol. The van der Waals surface area contributed by atoms with Crippen molar-refractivity contribution in [2.75, 3.05) is 105 Å². The first kappa shape index (κ1) is 44.7. The Labute approximate surface area is 302 Å². The summed E-state index contributed by atoms with van der Waals surface area (Å²) in [6.07, 6.45) is -0.378. The maximum Gasteiger partial charge on any atom is 0.156 e. The molecule has 302 valence electrons. The molecule has 0 aromatic carbocycles. The van der Waals surface area contributed by atoms with E-state index in [-0.39, 0.29) is 103 Å². The molecule has 0 spiro atoms. The Morgan fingerprint density at radius 2 is 0.765 bits per heavy atom. The molecule has 22 nitrogen and oxygen atoms in total. The molecular formula is C28H64N12O10S. The van der Waals surface area contributed by atoms with E-state index in [1.54, 1.807) is 0 Å². The minimum atomic E-state index is -2.03. The Morgan fingerprint density at radius 1 is 0.471 bits per heavy atom. The van der Waals surface area contributed by atoms with Crippen LogP contribution in [0.25, 0.3) is 0 Å². The van der Waals surface area contributed by atoms with Gasteiger partial charge in [0.2, 0.25) is 0 Å². The van der Waals surface area contributed by atoms with Crippen molar-refractivity contribution in [2.24, 2.45) is 0 Å². The highest BCUT2D eigenvalue weighted by Gasteiger charge is 2.37. The normalized spacial score (nSPS) is 30.8. The molecule has 1 aliphatic carbocycles. The van der Waals surface area contributed by atoms with E-state index in [1.807, 2.05) is 0 Å². The fraction of sp³-hybridized carbons (Fsp3) is 1.00. The van der Waals surface area contributed by atoms with Crippen LogP contribution in [0.4, 0.5) is 0 Å². The van der Waals surface area contributed by atoms with Crippen molar-refractivity contribution in [3.8, 4) is 0 Å². The van der Waals surface area contributed by atoms with E-state index in [1.165, 1.54) is 0 Å². The van der Waals surface area contributed by atoms with Gasteiger partial charge in [-0.3, -0.25) is 63.8 Å². The molecule has 7 atom stereocenters. The van der Waals surface area contributed by atoms with E-state index < -0.39 is 16.3 Å². The summed E-state index contributed by atoms with van der Waals surface area (Å²) in [7, 11) is 0. The van der Waals surface area contributed by atoms with Crippen molar-refractivity contribution in [3.63, 3.8) is 0 Å². The summed E-state index contributed by atoms with van der Waals surface area (Å²) in [5, 5.41) is 76.6. The summed E-state index contributed by atoms with van der Waals surface area (Å²) in [5.41, 5.74) is 0. The van der Waals surface area contributed by atoms with Gasteiger partial charge in [0.25, 0.3) is 0 Å². The van der Waals surface area contributed by atoms with Crippen LogP contribution >= 0.6 is 0 Å². The Bertz CT molecular complexity index is 798. The van der Waals surface area contributed by atoms with E-state index in [2.05, 4.69) is 63.8 Å². The van der Waals surface area contributed by atoms with E-state index in [9.17, 15) is 8.76 Å². The first-order valence-corrected chi connectivity index (χ1v) is 19.0. The van der Waals surface area contributed by atoms with Gasteiger partial charge in [0.15, 0.2) is 11.1 Å². The van der Waals surface area contributed by atoms with E-state index >= 15 is 0 Å². The van der Waals surface area contributed by atoms with E-state index in [4.69, 9.17) is 39.4 Å². The topological polar surface area (TPSA) is 300 Å². The number of hydrogen-bond acceptors (Lipinski definition) is 21. The number of nitrogens with one attached hydrogen (secondary N) is 12. The molecule has 51 heavy (non-hydrogen) atoms. The predicted molar refractivity (Wildman–Crippen MR) is 187 cm³/mol. The Balaban J connectivity index is 1.60. The van der Waals surface area contributed by atoms with Gasteiger partial charge in [0.1, 0.15) is 37.7 Å². The molecule has 0 aromatic heterocycles. The van der Waals surface area contributed by atoms with E-state index in [0.29, 0.717) is 71.9 Å². The molecule has 17 N–H and O–H groups in total. The number of aliphatic hydroxyl groups excluding tert-OH is 4. The molecule has 3 aliphatic rings. The van der Waals surface area contributed by atoms with Crippen molar-refractivity contribution < 1.29 is 48.1 Å². The Kier molecular flexibility index (Phi) is 24.4. The van der Waals surface area contributed by atoms with E-state index in [0.717, 1.165) is 0 Å². The molecule has 1 saturated carbocycles. The van der Waals surface area contributed by atoms with Gasteiger partial charge >= 0.3 is 0 Å². The first-order chi connectivity index (χ1) is 24.9. The summed E-state index contributed by atoms with van der Waals surface area (Å²) >= 11 is -2.03. The van der Waals surface area contributed by atoms with Crippen molar-refractivity contribution in [1.82, 2.24) is 63.8 Å². The molecule has 2 heterocycles. The maximum atomic E-state index is 12.4. The SMILES string of the molecule is O=S(O)C1CC(NC2NC(NCCOCCO)NC(NCCOCCO)N2)CC(NC2NC(NCCOCCO)NC(NCCOCCO)N2)C1. The zero-order valence-corrected chi connectivity index (χ0v) is 30.1. The van der Waals surface area contributed by atoms with Gasteiger partial charge in [-0.15, -0.1) is 0 Å². The summed E-state index contributed by atoms with van der Waals surface area (Å²) in [6.45, 7) is 4.65. The third-order valence-corrected chi connectivity index (χ3v) is 9.03. The minimum Gasteiger partial charge on any atom is -0.394 e. The highest BCUT2D eigenvalue weighted by molar-refractivity contribution is 7.79. The predicted octanol–water partition coefficient (Wildman–Crippen LogP) is -7.66. The van der Waals surface area contributed by atoms with Crippen molar-refractivity contribution >= 4 is 11.1 Å². The minimum absolute atomic E-state index is 0.0428. The molecule has 0 bridgehead atoms. The van der Waals surface area contributed by atoms with Gasteiger partial charge in [-0.05, 0) is 19.3 Å². The maximum absolute atomic E-state index is 12.4. The average molecular weight is 761 g/mol. The van der Waals surface area contributed by atoms with Crippen LogP contribution in [0.2, 0.25) is 0 Å². The Morgan fingerprint density at radius 3 is 1.04 bits per heavy atom. The van der Waals surface area contributed by atoms with Crippen LogP contribution in [-0.4, -0.2) is 190 Å². The highest BCUT2D eigenvalue weighted by atomic mass is 32.2. The number of aliphatic hydroxyl groups is 4. The zero-order chi connectivity index (χ0) is 36.5.